The lowest BCUT2D eigenvalue weighted by Crippen LogP contribution is -2.52. The minimum absolute atomic E-state index is 0.0181. The van der Waals surface area contributed by atoms with Gasteiger partial charge >= 0.3 is 6.18 Å². The molecule has 1 atom stereocenters. The van der Waals surface area contributed by atoms with Crippen molar-refractivity contribution in [1.29, 1.82) is 0 Å². The molecule has 0 aromatic heterocycles. The average Bonchev–Trinajstić information content (AvgIpc) is 3.32. The Morgan fingerprint density at radius 1 is 1.11 bits per heavy atom. The number of nitrogens with one attached hydrogen (secondary N) is 1. The third-order valence-electron chi connectivity index (χ3n) is 6.33. The van der Waals surface area contributed by atoms with E-state index < -0.39 is 51.2 Å². The number of anilines is 1. The number of alkyl halides is 3. The number of benzene rings is 2. The monoisotopic (exact) mass is 593 g/mol. The molecule has 1 saturated carbocycles. The lowest BCUT2D eigenvalue weighted by Gasteiger charge is -2.32. The summed E-state index contributed by atoms with van der Waals surface area (Å²) in [6.07, 6.45) is -0.462. The number of amides is 2. The van der Waals surface area contributed by atoms with Crippen molar-refractivity contribution in [3.05, 3.63) is 63.6 Å². The van der Waals surface area contributed by atoms with Crippen molar-refractivity contribution in [2.24, 2.45) is 0 Å². The molecule has 1 fully saturated rings. The van der Waals surface area contributed by atoms with E-state index in [0.29, 0.717) is 21.0 Å². The third kappa shape index (κ3) is 7.77. The van der Waals surface area contributed by atoms with Crippen LogP contribution in [0, 0.1) is 0 Å². The maximum Gasteiger partial charge on any atom is 0.417 e. The summed E-state index contributed by atoms with van der Waals surface area (Å²) in [6.45, 7) is 0.603. The van der Waals surface area contributed by atoms with Crippen LogP contribution in [0.15, 0.2) is 42.5 Å². The fourth-order valence-electron chi connectivity index (χ4n) is 4.31. The van der Waals surface area contributed by atoms with Gasteiger partial charge in [0.2, 0.25) is 21.8 Å². The molecule has 13 heteroatoms. The van der Waals surface area contributed by atoms with Crippen molar-refractivity contribution >= 4 is 50.7 Å². The van der Waals surface area contributed by atoms with Crippen LogP contribution in [-0.2, 0) is 32.3 Å². The molecule has 0 aliphatic heterocycles. The SMILES string of the molecule is C[C@H](C(=O)NC1CCCC1)N(Cc1cccc(Cl)c1)C(=O)CN(c1ccc(Cl)c(C(F)(F)F)c1)S(C)(=O)=O. The second-order valence-electron chi connectivity index (χ2n) is 9.25. The van der Waals surface area contributed by atoms with Crippen LogP contribution >= 0.6 is 23.2 Å². The first-order valence-electron chi connectivity index (χ1n) is 11.9. The Hall–Kier alpha value is -2.50. The number of hydrogen-bond donors (Lipinski definition) is 1. The molecule has 0 saturated heterocycles. The van der Waals surface area contributed by atoms with E-state index in [1.54, 1.807) is 24.3 Å². The molecule has 0 radical (unpaired) electrons. The van der Waals surface area contributed by atoms with E-state index in [2.05, 4.69) is 5.32 Å². The summed E-state index contributed by atoms with van der Waals surface area (Å²) in [5.74, 6) is -1.20. The topological polar surface area (TPSA) is 86.8 Å². The molecule has 1 N–H and O–H groups in total. The van der Waals surface area contributed by atoms with Crippen molar-refractivity contribution in [3.8, 4) is 0 Å². The van der Waals surface area contributed by atoms with Gasteiger partial charge in [-0.05, 0) is 55.7 Å². The van der Waals surface area contributed by atoms with Gasteiger partial charge in [0.25, 0.3) is 0 Å². The summed E-state index contributed by atoms with van der Waals surface area (Å²) in [7, 11) is -4.21. The van der Waals surface area contributed by atoms with E-state index in [9.17, 15) is 31.2 Å². The Morgan fingerprint density at radius 2 is 1.76 bits per heavy atom. The smallest absolute Gasteiger partial charge is 0.352 e. The largest absolute Gasteiger partial charge is 0.417 e. The fourth-order valence-corrected chi connectivity index (χ4v) is 5.58. The predicted molar refractivity (Wildman–Crippen MR) is 141 cm³/mol. The first-order valence-corrected chi connectivity index (χ1v) is 14.5. The minimum Gasteiger partial charge on any atom is -0.352 e. The van der Waals surface area contributed by atoms with Crippen molar-refractivity contribution in [2.75, 3.05) is 17.1 Å². The van der Waals surface area contributed by atoms with Gasteiger partial charge in [0.15, 0.2) is 0 Å². The van der Waals surface area contributed by atoms with Crippen LogP contribution in [0.3, 0.4) is 0 Å². The molecule has 1 aliphatic carbocycles. The van der Waals surface area contributed by atoms with Crippen LogP contribution in [0.5, 0.6) is 0 Å². The maximum absolute atomic E-state index is 13.6. The van der Waals surface area contributed by atoms with Gasteiger partial charge in [-0.15, -0.1) is 0 Å². The number of rotatable bonds is 9. The molecule has 38 heavy (non-hydrogen) atoms. The highest BCUT2D eigenvalue weighted by Crippen LogP contribution is 2.37. The van der Waals surface area contributed by atoms with E-state index in [-0.39, 0.29) is 18.3 Å². The maximum atomic E-state index is 13.6. The first kappa shape index (κ1) is 30.0. The second-order valence-corrected chi connectivity index (χ2v) is 12.0. The molecular weight excluding hydrogens is 566 g/mol. The highest BCUT2D eigenvalue weighted by atomic mass is 35.5. The van der Waals surface area contributed by atoms with Gasteiger partial charge in [-0.2, -0.15) is 13.2 Å². The van der Waals surface area contributed by atoms with Crippen LogP contribution in [0.2, 0.25) is 10.0 Å². The fraction of sp³-hybridized carbons (Fsp3) is 0.440. The van der Waals surface area contributed by atoms with Crippen LogP contribution < -0.4 is 9.62 Å². The zero-order valence-electron chi connectivity index (χ0n) is 20.8. The summed E-state index contributed by atoms with van der Waals surface area (Å²) >= 11 is 11.8. The van der Waals surface area contributed by atoms with Crippen LogP contribution in [0.1, 0.15) is 43.7 Å². The minimum atomic E-state index is -4.84. The first-order chi connectivity index (χ1) is 17.7. The number of halogens is 5. The molecule has 0 spiro atoms. The molecule has 2 aromatic carbocycles. The molecular formula is C25H28Cl2F3N3O4S. The van der Waals surface area contributed by atoms with Crippen LogP contribution in [0.25, 0.3) is 0 Å². The summed E-state index contributed by atoms with van der Waals surface area (Å²) < 4.78 is 66.1. The van der Waals surface area contributed by atoms with Crippen molar-refractivity contribution < 1.29 is 31.2 Å². The summed E-state index contributed by atoms with van der Waals surface area (Å²) in [5.41, 5.74) is -1.04. The van der Waals surface area contributed by atoms with Crippen molar-refractivity contribution in [3.63, 3.8) is 0 Å². The number of hydrogen-bond acceptors (Lipinski definition) is 4. The number of carbonyl (C=O) groups excluding carboxylic acids is 2. The van der Waals surface area contributed by atoms with Gasteiger partial charge in [0, 0.05) is 17.6 Å². The van der Waals surface area contributed by atoms with Crippen molar-refractivity contribution in [2.45, 2.75) is 57.4 Å². The predicted octanol–water partition coefficient (Wildman–Crippen LogP) is 5.25. The van der Waals surface area contributed by atoms with Gasteiger partial charge < -0.3 is 10.2 Å². The van der Waals surface area contributed by atoms with Crippen molar-refractivity contribution in [1.82, 2.24) is 10.2 Å². The van der Waals surface area contributed by atoms with E-state index in [0.717, 1.165) is 44.1 Å². The van der Waals surface area contributed by atoms with E-state index in [1.165, 1.54) is 11.8 Å². The van der Waals surface area contributed by atoms with Gasteiger partial charge in [-0.25, -0.2) is 8.42 Å². The molecule has 2 aromatic rings. The Kier molecular flexibility index (Phi) is 9.59. The van der Waals surface area contributed by atoms with Gasteiger partial charge in [-0.3, -0.25) is 13.9 Å². The summed E-state index contributed by atoms with van der Waals surface area (Å²) in [6, 6.07) is 8.16. The summed E-state index contributed by atoms with van der Waals surface area (Å²) in [4.78, 5) is 27.8. The Labute approximate surface area is 229 Å². The highest BCUT2D eigenvalue weighted by Gasteiger charge is 2.36. The van der Waals surface area contributed by atoms with Crippen LogP contribution in [0.4, 0.5) is 18.9 Å². The van der Waals surface area contributed by atoms with Gasteiger partial charge in [0.05, 0.1) is 22.5 Å². The van der Waals surface area contributed by atoms with Gasteiger partial charge in [0.1, 0.15) is 12.6 Å². The summed E-state index contributed by atoms with van der Waals surface area (Å²) in [5, 5.41) is 2.72. The van der Waals surface area contributed by atoms with E-state index in [1.807, 2.05) is 0 Å². The molecule has 208 valence electrons. The average molecular weight is 594 g/mol. The lowest BCUT2D eigenvalue weighted by molar-refractivity contribution is -0.139. The van der Waals surface area contributed by atoms with Crippen LogP contribution in [-0.4, -0.2) is 50.0 Å². The molecule has 1 aliphatic rings. The Morgan fingerprint density at radius 3 is 2.34 bits per heavy atom. The normalized spacial score (nSPS) is 15.2. The standard InChI is InChI=1S/C25H28Cl2F3N3O4S/c1-16(24(35)31-19-8-3-4-9-19)32(14-17-6-5-7-18(26)12-17)23(34)15-33(38(2,36)37)20-10-11-22(27)21(13-20)25(28,29)30/h5-7,10-13,16,19H,3-4,8-9,14-15H2,1-2H3,(H,31,35)/t16-/m1/s1. The molecule has 3 rings (SSSR count). The Bertz CT molecular complexity index is 1280. The second kappa shape index (κ2) is 12.1. The third-order valence-corrected chi connectivity index (χ3v) is 8.04. The molecule has 2 amide bonds. The zero-order chi connectivity index (χ0) is 28.3. The number of sulfonamides is 1. The lowest BCUT2D eigenvalue weighted by atomic mass is 10.1. The number of nitrogens with zero attached hydrogens (tertiary/aromatic N) is 2. The van der Waals surface area contributed by atoms with E-state index in [4.69, 9.17) is 23.2 Å². The quantitative estimate of drug-likeness (QED) is 0.430. The molecule has 0 heterocycles. The zero-order valence-corrected chi connectivity index (χ0v) is 23.1. The molecule has 7 nitrogen and oxygen atoms in total. The van der Waals surface area contributed by atoms with E-state index >= 15 is 0 Å². The Balaban J connectivity index is 1.94. The molecule has 0 unspecified atom stereocenters. The number of carbonyl (C=O) groups is 2. The van der Waals surface area contributed by atoms with Gasteiger partial charge in [-0.1, -0.05) is 48.2 Å². The molecule has 0 bridgehead atoms. The highest BCUT2D eigenvalue weighted by molar-refractivity contribution is 7.92.